The molecule has 130 valence electrons. The Morgan fingerprint density at radius 3 is 2.32 bits per heavy atom. The first-order valence-corrected chi connectivity index (χ1v) is 7.66. The normalized spacial score (nSPS) is 10.2. The molecule has 0 unspecified atom stereocenters. The van der Waals surface area contributed by atoms with E-state index in [1.807, 2.05) is 0 Å². The Morgan fingerprint density at radius 1 is 1.00 bits per heavy atom. The second-order valence-corrected chi connectivity index (χ2v) is 5.36. The molecule has 0 atom stereocenters. The van der Waals surface area contributed by atoms with Crippen molar-refractivity contribution < 1.29 is 23.9 Å². The van der Waals surface area contributed by atoms with Gasteiger partial charge in [0.2, 0.25) is 0 Å². The lowest BCUT2D eigenvalue weighted by atomic mass is 10.1. The minimum Gasteiger partial charge on any atom is -0.452 e. The van der Waals surface area contributed by atoms with Crippen LogP contribution in [0.2, 0.25) is 0 Å². The van der Waals surface area contributed by atoms with E-state index < -0.39 is 18.5 Å². The van der Waals surface area contributed by atoms with Gasteiger partial charge in [0.1, 0.15) is 0 Å². The van der Waals surface area contributed by atoms with Crippen LogP contribution in [-0.2, 0) is 20.9 Å². The first kappa shape index (κ1) is 18.4. The van der Waals surface area contributed by atoms with Gasteiger partial charge in [0, 0.05) is 12.7 Å². The van der Waals surface area contributed by atoms with Gasteiger partial charge < -0.3 is 14.8 Å². The highest BCUT2D eigenvalue weighted by Gasteiger charge is 2.13. The van der Waals surface area contributed by atoms with Crippen molar-refractivity contribution in [3.8, 4) is 0 Å². The van der Waals surface area contributed by atoms with E-state index >= 15 is 0 Å². The number of Topliss-reactive ketones (excluding diaryl/α,β-unsaturated/α-hetero) is 1. The van der Waals surface area contributed by atoms with Crippen molar-refractivity contribution in [2.24, 2.45) is 0 Å². The van der Waals surface area contributed by atoms with Gasteiger partial charge in [-0.05, 0) is 36.8 Å². The molecule has 1 amide bonds. The zero-order valence-electron chi connectivity index (χ0n) is 14.1. The van der Waals surface area contributed by atoms with E-state index in [0.717, 1.165) is 5.56 Å². The van der Waals surface area contributed by atoms with Crippen LogP contribution in [0.25, 0.3) is 0 Å². The quantitative estimate of drug-likeness (QED) is 0.618. The van der Waals surface area contributed by atoms with E-state index in [0.29, 0.717) is 23.4 Å². The molecular weight excluding hydrogens is 322 g/mol. The third-order valence-corrected chi connectivity index (χ3v) is 3.42. The minimum atomic E-state index is -0.598. The summed E-state index contributed by atoms with van der Waals surface area (Å²) < 4.78 is 9.99. The van der Waals surface area contributed by atoms with E-state index in [9.17, 15) is 14.4 Å². The molecule has 0 aliphatic rings. The smallest absolute Gasteiger partial charge is 0.338 e. The van der Waals surface area contributed by atoms with E-state index in [1.165, 1.54) is 6.92 Å². The van der Waals surface area contributed by atoms with Crippen LogP contribution in [0.5, 0.6) is 0 Å². The lowest BCUT2D eigenvalue weighted by Gasteiger charge is -2.09. The fourth-order valence-electron chi connectivity index (χ4n) is 2.20. The number of nitrogens with one attached hydrogen (secondary N) is 1. The van der Waals surface area contributed by atoms with Crippen LogP contribution in [-0.4, -0.2) is 31.4 Å². The van der Waals surface area contributed by atoms with Gasteiger partial charge in [-0.2, -0.15) is 0 Å². The average Bonchev–Trinajstić information content (AvgIpc) is 2.61. The van der Waals surface area contributed by atoms with Gasteiger partial charge in [0.15, 0.2) is 12.4 Å². The third-order valence-electron chi connectivity index (χ3n) is 3.42. The third kappa shape index (κ3) is 5.26. The summed E-state index contributed by atoms with van der Waals surface area (Å²) in [5.41, 5.74) is 2.06. The number of ketones is 1. The number of methoxy groups -OCH3 is 1. The Hall–Kier alpha value is -2.99. The maximum absolute atomic E-state index is 12.0. The lowest BCUT2D eigenvalue weighted by Crippen LogP contribution is -2.22. The SMILES string of the molecule is COCc1ccc(C(=O)OCC(=O)Nc2ccccc2C(C)=O)cc1. The zero-order chi connectivity index (χ0) is 18.2. The highest BCUT2D eigenvalue weighted by Crippen LogP contribution is 2.15. The largest absolute Gasteiger partial charge is 0.452 e. The highest BCUT2D eigenvalue weighted by molar-refractivity contribution is 6.04. The summed E-state index contributed by atoms with van der Waals surface area (Å²) in [4.78, 5) is 35.4. The minimum absolute atomic E-state index is 0.163. The topological polar surface area (TPSA) is 81.7 Å². The number of hydrogen-bond acceptors (Lipinski definition) is 5. The summed E-state index contributed by atoms with van der Waals surface area (Å²) in [6.07, 6.45) is 0. The molecule has 0 saturated carbocycles. The van der Waals surface area contributed by atoms with Crippen LogP contribution >= 0.6 is 0 Å². The van der Waals surface area contributed by atoms with Crippen molar-refractivity contribution in [3.05, 3.63) is 65.2 Å². The molecule has 0 fully saturated rings. The second-order valence-electron chi connectivity index (χ2n) is 5.36. The van der Waals surface area contributed by atoms with Crippen molar-refractivity contribution in [1.29, 1.82) is 0 Å². The number of benzene rings is 2. The van der Waals surface area contributed by atoms with E-state index in [4.69, 9.17) is 9.47 Å². The Kier molecular flexibility index (Phi) is 6.42. The van der Waals surface area contributed by atoms with Crippen LogP contribution in [0.15, 0.2) is 48.5 Å². The van der Waals surface area contributed by atoms with Gasteiger partial charge in [0.05, 0.1) is 17.9 Å². The molecule has 6 heteroatoms. The molecule has 6 nitrogen and oxygen atoms in total. The van der Waals surface area contributed by atoms with Crippen LogP contribution in [0, 0.1) is 0 Å². The summed E-state index contributed by atoms with van der Waals surface area (Å²) >= 11 is 0. The number of ether oxygens (including phenoxy) is 2. The molecule has 2 rings (SSSR count). The monoisotopic (exact) mass is 341 g/mol. The lowest BCUT2D eigenvalue weighted by molar-refractivity contribution is -0.119. The Morgan fingerprint density at radius 2 is 1.68 bits per heavy atom. The summed E-state index contributed by atoms with van der Waals surface area (Å²) in [6, 6.07) is 13.4. The van der Waals surface area contributed by atoms with Gasteiger partial charge in [0.25, 0.3) is 5.91 Å². The van der Waals surface area contributed by atoms with Crippen LogP contribution in [0.4, 0.5) is 5.69 Å². The van der Waals surface area contributed by atoms with Crippen LogP contribution in [0.3, 0.4) is 0 Å². The van der Waals surface area contributed by atoms with Crippen LogP contribution in [0.1, 0.15) is 33.2 Å². The predicted octanol–water partition coefficient (Wildman–Crippen LogP) is 2.83. The van der Waals surface area contributed by atoms with Crippen LogP contribution < -0.4 is 5.32 Å². The molecule has 2 aromatic carbocycles. The predicted molar refractivity (Wildman–Crippen MR) is 92.5 cm³/mol. The standard InChI is InChI=1S/C19H19NO5/c1-13(21)16-5-3-4-6-17(16)20-18(22)12-25-19(23)15-9-7-14(8-10-15)11-24-2/h3-10H,11-12H2,1-2H3,(H,20,22). The Balaban J connectivity index is 1.91. The van der Waals surface area contributed by atoms with Crippen molar-refractivity contribution in [2.45, 2.75) is 13.5 Å². The summed E-state index contributed by atoms with van der Waals surface area (Å²) in [7, 11) is 1.59. The fourth-order valence-corrected chi connectivity index (χ4v) is 2.20. The van der Waals surface area contributed by atoms with Gasteiger partial charge in [-0.15, -0.1) is 0 Å². The van der Waals surface area contributed by atoms with Crippen molar-refractivity contribution in [3.63, 3.8) is 0 Å². The molecule has 0 aliphatic carbocycles. The maximum Gasteiger partial charge on any atom is 0.338 e. The van der Waals surface area contributed by atoms with Crippen molar-refractivity contribution in [1.82, 2.24) is 0 Å². The molecule has 2 aromatic rings. The van der Waals surface area contributed by atoms with Gasteiger partial charge in [-0.25, -0.2) is 4.79 Å². The van der Waals surface area contributed by atoms with Crippen molar-refractivity contribution in [2.75, 3.05) is 19.0 Å². The molecule has 1 N–H and O–H groups in total. The number of para-hydroxylation sites is 1. The van der Waals surface area contributed by atoms with Crippen molar-refractivity contribution >= 4 is 23.3 Å². The maximum atomic E-state index is 12.0. The number of rotatable bonds is 7. The number of amides is 1. The molecule has 0 spiro atoms. The molecule has 25 heavy (non-hydrogen) atoms. The Labute approximate surface area is 145 Å². The molecule has 0 aromatic heterocycles. The first-order valence-electron chi connectivity index (χ1n) is 7.66. The second kappa shape index (κ2) is 8.75. The molecule has 0 saturated heterocycles. The number of hydrogen-bond donors (Lipinski definition) is 1. The summed E-state index contributed by atoms with van der Waals surface area (Å²) in [5, 5.41) is 2.57. The average molecular weight is 341 g/mol. The van der Waals surface area contributed by atoms with Gasteiger partial charge in [-0.1, -0.05) is 24.3 Å². The highest BCUT2D eigenvalue weighted by atomic mass is 16.5. The molecule has 0 radical (unpaired) electrons. The van der Waals surface area contributed by atoms with Gasteiger partial charge in [-0.3, -0.25) is 9.59 Å². The molecular formula is C19H19NO5. The number of esters is 1. The molecule has 0 aliphatic heterocycles. The molecule has 0 bridgehead atoms. The summed E-state index contributed by atoms with van der Waals surface area (Å²) in [6.45, 7) is 1.43. The number of carbonyl (C=O) groups excluding carboxylic acids is 3. The fraction of sp³-hybridized carbons (Fsp3) is 0.211. The first-order chi connectivity index (χ1) is 12.0. The van der Waals surface area contributed by atoms with E-state index in [-0.39, 0.29) is 5.78 Å². The Bertz CT molecular complexity index is 768. The zero-order valence-corrected chi connectivity index (χ0v) is 14.1. The molecule has 0 heterocycles. The number of anilines is 1. The van der Waals surface area contributed by atoms with Gasteiger partial charge >= 0.3 is 5.97 Å². The summed E-state index contributed by atoms with van der Waals surface area (Å²) in [5.74, 6) is -1.28. The van der Waals surface area contributed by atoms with E-state index in [2.05, 4.69) is 5.32 Å². The number of carbonyl (C=O) groups is 3. The van der Waals surface area contributed by atoms with E-state index in [1.54, 1.807) is 55.6 Å².